The number of aromatic nitrogens is 2. The largest absolute Gasteiger partial charge is 0.381 e. The van der Waals surface area contributed by atoms with Gasteiger partial charge in [-0.15, -0.1) is 0 Å². The maximum Gasteiger partial charge on any atom is 0.257 e. The van der Waals surface area contributed by atoms with Crippen LogP contribution in [0.15, 0.2) is 6.33 Å². The molecule has 0 unspecified atom stereocenters. The van der Waals surface area contributed by atoms with E-state index in [1.807, 2.05) is 18.7 Å². The van der Waals surface area contributed by atoms with E-state index >= 15 is 0 Å². The lowest BCUT2D eigenvalue weighted by molar-refractivity contribution is -0.0295. The van der Waals surface area contributed by atoms with Crippen molar-refractivity contribution >= 4 is 5.91 Å². The summed E-state index contributed by atoms with van der Waals surface area (Å²) < 4.78 is 5.72. The average Bonchev–Trinajstić information content (AvgIpc) is 2.89. The van der Waals surface area contributed by atoms with Crippen molar-refractivity contribution in [2.75, 3.05) is 20.2 Å². The molecule has 1 amide bonds. The van der Waals surface area contributed by atoms with E-state index in [1.54, 1.807) is 7.11 Å². The van der Waals surface area contributed by atoms with Crippen molar-refractivity contribution in [3.05, 3.63) is 23.3 Å². The van der Waals surface area contributed by atoms with Crippen molar-refractivity contribution in [3.8, 4) is 0 Å². The summed E-state index contributed by atoms with van der Waals surface area (Å²) in [5.41, 5.74) is 2.37. The zero-order valence-corrected chi connectivity index (χ0v) is 13.8. The molecule has 5 heteroatoms. The SMILES string of the molecule is CO[C@@H]1CCC[C@]12CCCN(C(=O)c1c(C)ncnc1C)C2. The number of nitrogens with zero attached hydrogens (tertiary/aromatic N) is 3. The van der Waals surface area contributed by atoms with E-state index in [1.165, 1.54) is 25.6 Å². The molecule has 2 fully saturated rings. The smallest absolute Gasteiger partial charge is 0.257 e. The highest BCUT2D eigenvalue weighted by atomic mass is 16.5. The Bertz CT molecular complexity index is 555. The summed E-state index contributed by atoms with van der Waals surface area (Å²) in [4.78, 5) is 23.4. The van der Waals surface area contributed by atoms with Crippen LogP contribution in [0.1, 0.15) is 53.8 Å². The number of hydrogen-bond donors (Lipinski definition) is 0. The third kappa shape index (κ3) is 2.51. The Morgan fingerprint density at radius 2 is 1.95 bits per heavy atom. The quantitative estimate of drug-likeness (QED) is 0.842. The van der Waals surface area contributed by atoms with E-state index < -0.39 is 0 Å². The van der Waals surface area contributed by atoms with Gasteiger partial charge < -0.3 is 9.64 Å². The van der Waals surface area contributed by atoms with Gasteiger partial charge in [0.25, 0.3) is 5.91 Å². The van der Waals surface area contributed by atoms with E-state index in [0.29, 0.717) is 5.56 Å². The Morgan fingerprint density at radius 3 is 2.64 bits per heavy atom. The highest BCUT2D eigenvalue weighted by molar-refractivity contribution is 5.96. The molecule has 1 spiro atoms. The number of likely N-dealkylation sites (tertiary alicyclic amines) is 1. The van der Waals surface area contributed by atoms with E-state index in [9.17, 15) is 4.79 Å². The van der Waals surface area contributed by atoms with Crippen LogP contribution in [0.3, 0.4) is 0 Å². The molecule has 1 saturated carbocycles. The van der Waals surface area contributed by atoms with Crippen molar-refractivity contribution in [2.24, 2.45) is 5.41 Å². The number of carbonyl (C=O) groups excluding carboxylic acids is 1. The molecule has 22 heavy (non-hydrogen) atoms. The molecule has 1 aliphatic heterocycles. The average molecular weight is 303 g/mol. The minimum atomic E-state index is 0.0800. The van der Waals surface area contributed by atoms with Gasteiger partial charge in [0.2, 0.25) is 0 Å². The van der Waals surface area contributed by atoms with Crippen LogP contribution in [0.2, 0.25) is 0 Å². The second-order valence-electron chi connectivity index (χ2n) is 6.73. The molecule has 0 N–H and O–H groups in total. The number of rotatable bonds is 2. The van der Waals surface area contributed by atoms with E-state index in [4.69, 9.17) is 4.74 Å². The minimum absolute atomic E-state index is 0.0800. The standard InChI is InChI=1S/C17H25N3O2/c1-12-15(13(2)19-11-18-12)16(21)20-9-5-8-17(10-20)7-4-6-14(17)22-3/h11,14H,4-10H2,1-3H3/t14-,17-/m1/s1. The van der Waals surface area contributed by atoms with Gasteiger partial charge in [0.15, 0.2) is 0 Å². The Morgan fingerprint density at radius 1 is 1.27 bits per heavy atom. The summed E-state index contributed by atoms with van der Waals surface area (Å²) in [6.07, 6.45) is 7.51. The molecular formula is C17H25N3O2. The third-order valence-electron chi connectivity index (χ3n) is 5.44. The van der Waals surface area contributed by atoms with Crippen LogP contribution in [0, 0.1) is 19.3 Å². The van der Waals surface area contributed by atoms with Gasteiger partial charge in [0.05, 0.1) is 23.1 Å². The predicted molar refractivity (Wildman–Crippen MR) is 83.7 cm³/mol. The molecule has 2 heterocycles. The molecule has 3 rings (SSSR count). The zero-order chi connectivity index (χ0) is 15.7. The van der Waals surface area contributed by atoms with Gasteiger partial charge in [0, 0.05) is 25.6 Å². The van der Waals surface area contributed by atoms with Gasteiger partial charge in [-0.05, 0) is 39.5 Å². The number of aryl methyl sites for hydroxylation is 2. The minimum Gasteiger partial charge on any atom is -0.381 e. The number of methoxy groups -OCH3 is 1. The predicted octanol–water partition coefficient (Wildman–Crippen LogP) is 2.51. The molecular weight excluding hydrogens is 278 g/mol. The Labute approximate surface area is 132 Å². The molecule has 5 nitrogen and oxygen atoms in total. The lowest BCUT2D eigenvalue weighted by Gasteiger charge is -2.43. The maximum atomic E-state index is 13.0. The number of hydrogen-bond acceptors (Lipinski definition) is 4. The van der Waals surface area contributed by atoms with Crippen LogP contribution in [0.25, 0.3) is 0 Å². The van der Waals surface area contributed by atoms with E-state index in [0.717, 1.165) is 37.3 Å². The highest BCUT2D eigenvalue weighted by Gasteiger charge is 2.46. The lowest BCUT2D eigenvalue weighted by Crippen LogP contribution is -2.50. The Kier molecular flexibility index (Phi) is 4.17. The van der Waals surface area contributed by atoms with Gasteiger partial charge in [-0.25, -0.2) is 9.97 Å². The van der Waals surface area contributed by atoms with Crippen LogP contribution in [0.5, 0.6) is 0 Å². The van der Waals surface area contributed by atoms with Crippen LogP contribution >= 0.6 is 0 Å². The summed E-state index contributed by atoms with van der Waals surface area (Å²) in [6.45, 7) is 5.40. The summed E-state index contributed by atoms with van der Waals surface area (Å²) in [6, 6.07) is 0. The van der Waals surface area contributed by atoms with Crippen LogP contribution in [0.4, 0.5) is 0 Å². The number of amides is 1. The van der Waals surface area contributed by atoms with Gasteiger partial charge in [0.1, 0.15) is 6.33 Å². The molecule has 2 atom stereocenters. The first kappa shape index (κ1) is 15.4. The molecule has 1 aliphatic carbocycles. The van der Waals surface area contributed by atoms with Gasteiger partial charge in [-0.1, -0.05) is 6.42 Å². The van der Waals surface area contributed by atoms with Crippen molar-refractivity contribution < 1.29 is 9.53 Å². The van der Waals surface area contributed by atoms with Crippen molar-refractivity contribution in [1.29, 1.82) is 0 Å². The Balaban J connectivity index is 1.84. The molecule has 120 valence electrons. The fraction of sp³-hybridized carbons (Fsp3) is 0.706. The normalized spacial score (nSPS) is 28.3. The highest BCUT2D eigenvalue weighted by Crippen LogP contribution is 2.46. The Hall–Kier alpha value is -1.49. The summed E-state index contributed by atoms with van der Waals surface area (Å²) >= 11 is 0. The van der Waals surface area contributed by atoms with Crippen LogP contribution in [-0.2, 0) is 4.74 Å². The van der Waals surface area contributed by atoms with Crippen molar-refractivity contribution in [1.82, 2.24) is 14.9 Å². The molecule has 0 aromatic carbocycles. The summed E-state index contributed by atoms with van der Waals surface area (Å²) in [7, 11) is 1.80. The second kappa shape index (κ2) is 5.95. The monoisotopic (exact) mass is 303 g/mol. The summed E-state index contributed by atoms with van der Waals surface area (Å²) in [5, 5.41) is 0. The molecule has 0 bridgehead atoms. The molecule has 1 aromatic heterocycles. The topological polar surface area (TPSA) is 55.3 Å². The first-order valence-electron chi connectivity index (χ1n) is 8.18. The molecule has 2 aliphatic rings. The van der Waals surface area contributed by atoms with Crippen molar-refractivity contribution in [3.63, 3.8) is 0 Å². The first-order valence-corrected chi connectivity index (χ1v) is 8.18. The first-order chi connectivity index (χ1) is 10.6. The lowest BCUT2D eigenvalue weighted by atomic mass is 9.76. The third-order valence-corrected chi connectivity index (χ3v) is 5.44. The van der Waals surface area contributed by atoms with E-state index in [2.05, 4.69) is 9.97 Å². The number of ether oxygens (including phenoxy) is 1. The van der Waals surface area contributed by atoms with E-state index in [-0.39, 0.29) is 17.4 Å². The van der Waals surface area contributed by atoms with Crippen LogP contribution in [-0.4, -0.2) is 47.1 Å². The maximum absolute atomic E-state index is 13.0. The van der Waals surface area contributed by atoms with Gasteiger partial charge in [-0.3, -0.25) is 4.79 Å². The van der Waals surface area contributed by atoms with Gasteiger partial charge in [-0.2, -0.15) is 0 Å². The molecule has 0 radical (unpaired) electrons. The summed E-state index contributed by atoms with van der Waals surface area (Å²) in [5.74, 6) is 0.0800. The molecule has 1 aromatic rings. The zero-order valence-electron chi connectivity index (χ0n) is 13.8. The van der Waals surface area contributed by atoms with Gasteiger partial charge >= 0.3 is 0 Å². The second-order valence-corrected chi connectivity index (χ2v) is 6.73. The van der Waals surface area contributed by atoms with Crippen LogP contribution < -0.4 is 0 Å². The van der Waals surface area contributed by atoms with Crippen molar-refractivity contribution in [2.45, 2.75) is 52.1 Å². The molecule has 1 saturated heterocycles. The number of piperidine rings is 1. The fourth-order valence-electron chi connectivity index (χ4n) is 4.34. The fourth-order valence-corrected chi connectivity index (χ4v) is 4.34. The number of carbonyl (C=O) groups is 1.